The maximum atomic E-state index is 14.1. The van der Waals surface area contributed by atoms with Gasteiger partial charge in [-0.25, -0.2) is 4.39 Å². The Hall–Kier alpha value is -0.930. The van der Waals surface area contributed by atoms with Gasteiger partial charge in [0.05, 0.1) is 5.60 Å². The monoisotopic (exact) mass is 263 g/mol. The molecule has 2 aliphatic carbocycles. The molecule has 2 aliphatic rings. The van der Waals surface area contributed by atoms with Crippen LogP contribution < -0.4 is 5.73 Å². The second-order valence-electron chi connectivity index (χ2n) is 6.04. The highest BCUT2D eigenvalue weighted by Gasteiger charge is 2.44. The summed E-state index contributed by atoms with van der Waals surface area (Å²) in [5.74, 6) is -0.0405. The maximum Gasteiger partial charge on any atom is 0.126 e. The minimum Gasteiger partial charge on any atom is -0.389 e. The van der Waals surface area contributed by atoms with E-state index in [9.17, 15) is 9.50 Å². The van der Waals surface area contributed by atoms with Crippen LogP contribution in [0.3, 0.4) is 0 Å². The van der Waals surface area contributed by atoms with Crippen LogP contribution in [-0.2, 0) is 12.8 Å². The number of hydrogen-bond donors (Lipinski definition) is 2. The molecule has 1 aromatic carbocycles. The van der Waals surface area contributed by atoms with E-state index in [2.05, 4.69) is 0 Å². The summed E-state index contributed by atoms with van der Waals surface area (Å²) in [7, 11) is 0. The molecule has 0 aliphatic heterocycles. The number of hydrogen-bond acceptors (Lipinski definition) is 2. The molecule has 0 radical (unpaired) electrons. The van der Waals surface area contributed by atoms with Gasteiger partial charge in [-0.2, -0.15) is 0 Å². The van der Waals surface area contributed by atoms with Gasteiger partial charge < -0.3 is 10.8 Å². The molecule has 19 heavy (non-hydrogen) atoms. The molecule has 0 unspecified atom stereocenters. The molecule has 2 nitrogen and oxygen atoms in total. The van der Waals surface area contributed by atoms with Gasteiger partial charge in [0.15, 0.2) is 0 Å². The molecule has 1 aromatic rings. The van der Waals surface area contributed by atoms with Gasteiger partial charge in [0.2, 0.25) is 0 Å². The highest BCUT2D eigenvalue weighted by molar-refractivity contribution is 5.43. The lowest BCUT2D eigenvalue weighted by Gasteiger charge is -2.45. The third-order valence-corrected chi connectivity index (χ3v) is 4.96. The molecule has 0 amide bonds. The lowest BCUT2D eigenvalue weighted by molar-refractivity contribution is -0.0304. The van der Waals surface area contributed by atoms with Crippen LogP contribution in [0.2, 0.25) is 0 Å². The zero-order chi connectivity index (χ0) is 13.5. The van der Waals surface area contributed by atoms with Gasteiger partial charge in [-0.05, 0) is 61.4 Å². The predicted molar refractivity (Wildman–Crippen MR) is 73.6 cm³/mol. The highest BCUT2D eigenvalue weighted by atomic mass is 19.1. The first kappa shape index (κ1) is 13.1. The number of rotatable bonds is 2. The number of nitrogens with two attached hydrogens (primary N) is 1. The van der Waals surface area contributed by atoms with Crippen LogP contribution in [0.25, 0.3) is 0 Å². The van der Waals surface area contributed by atoms with Crippen molar-refractivity contribution in [2.75, 3.05) is 6.54 Å². The minimum atomic E-state index is -0.609. The van der Waals surface area contributed by atoms with Gasteiger partial charge in [-0.15, -0.1) is 0 Å². The van der Waals surface area contributed by atoms with Gasteiger partial charge in [0.1, 0.15) is 5.82 Å². The molecule has 104 valence electrons. The van der Waals surface area contributed by atoms with Crippen LogP contribution in [0.4, 0.5) is 4.39 Å². The predicted octanol–water partition coefficient (Wildman–Crippen LogP) is 2.66. The van der Waals surface area contributed by atoms with Crippen LogP contribution in [-0.4, -0.2) is 17.3 Å². The summed E-state index contributed by atoms with van der Waals surface area (Å²) in [4.78, 5) is 0. The Morgan fingerprint density at radius 2 is 2.16 bits per heavy atom. The third kappa shape index (κ3) is 2.09. The first-order valence-electron chi connectivity index (χ1n) is 7.38. The van der Waals surface area contributed by atoms with Crippen molar-refractivity contribution in [3.8, 4) is 0 Å². The first-order valence-corrected chi connectivity index (χ1v) is 7.38. The lowest BCUT2D eigenvalue weighted by atomic mass is 9.64. The summed E-state index contributed by atoms with van der Waals surface area (Å²) in [6.45, 7) is 0.457. The van der Waals surface area contributed by atoms with Gasteiger partial charge in [0, 0.05) is 5.92 Å². The van der Waals surface area contributed by atoms with Crippen molar-refractivity contribution < 1.29 is 9.50 Å². The second-order valence-corrected chi connectivity index (χ2v) is 6.04. The summed E-state index contributed by atoms with van der Waals surface area (Å²) in [5.41, 5.74) is 8.09. The van der Waals surface area contributed by atoms with Crippen LogP contribution in [0.5, 0.6) is 0 Å². The Balaban J connectivity index is 2.11. The van der Waals surface area contributed by atoms with Crippen LogP contribution in [0.1, 0.15) is 54.7 Å². The smallest absolute Gasteiger partial charge is 0.126 e. The quantitative estimate of drug-likeness (QED) is 0.861. The van der Waals surface area contributed by atoms with Crippen molar-refractivity contribution in [3.05, 3.63) is 34.6 Å². The van der Waals surface area contributed by atoms with Crippen LogP contribution in [0.15, 0.2) is 12.1 Å². The van der Waals surface area contributed by atoms with Gasteiger partial charge in [-0.1, -0.05) is 18.9 Å². The third-order valence-electron chi connectivity index (χ3n) is 4.96. The van der Waals surface area contributed by atoms with E-state index in [0.717, 1.165) is 49.7 Å². The minimum absolute atomic E-state index is 0.113. The zero-order valence-electron chi connectivity index (χ0n) is 11.3. The summed E-state index contributed by atoms with van der Waals surface area (Å²) >= 11 is 0. The number of fused-ring (bicyclic) bond motifs is 3. The average Bonchev–Trinajstić information content (AvgIpc) is 2.41. The normalized spacial score (nSPS) is 29.7. The fraction of sp³-hybridized carbons (Fsp3) is 0.625. The first-order chi connectivity index (χ1) is 9.15. The maximum absolute atomic E-state index is 14.1. The highest BCUT2D eigenvalue weighted by Crippen LogP contribution is 2.49. The molecule has 0 saturated heterocycles. The van der Waals surface area contributed by atoms with E-state index in [1.54, 1.807) is 6.07 Å². The number of benzene rings is 1. The molecule has 1 saturated carbocycles. The lowest BCUT2D eigenvalue weighted by Crippen LogP contribution is -2.43. The Morgan fingerprint density at radius 1 is 1.32 bits per heavy atom. The molecular formula is C16H22FNO. The Morgan fingerprint density at radius 3 is 2.95 bits per heavy atom. The number of aliphatic hydroxyl groups is 1. The van der Waals surface area contributed by atoms with Crippen LogP contribution >= 0.6 is 0 Å². The van der Waals surface area contributed by atoms with Crippen molar-refractivity contribution in [1.82, 2.24) is 0 Å². The topological polar surface area (TPSA) is 46.2 Å². The van der Waals surface area contributed by atoms with Crippen molar-refractivity contribution >= 4 is 0 Å². The van der Waals surface area contributed by atoms with Crippen molar-refractivity contribution in [2.24, 2.45) is 5.73 Å². The molecule has 0 aromatic heterocycles. The molecule has 0 bridgehead atoms. The molecule has 3 heteroatoms. The zero-order valence-corrected chi connectivity index (χ0v) is 11.3. The Bertz CT molecular complexity index is 488. The summed E-state index contributed by atoms with van der Waals surface area (Å²) in [6, 6.07) is 3.47. The van der Waals surface area contributed by atoms with Crippen molar-refractivity contribution in [2.45, 2.75) is 56.5 Å². The van der Waals surface area contributed by atoms with E-state index in [0.29, 0.717) is 13.0 Å². The molecule has 0 spiro atoms. The second kappa shape index (κ2) is 4.88. The molecule has 0 heterocycles. The SMILES string of the molecule is NCCc1c(F)ccc2c1[C@@H]1CCCC[C@]1(O)CC2. The molecule has 3 N–H and O–H groups in total. The largest absolute Gasteiger partial charge is 0.389 e. The summed E-state index contributed by atoms with van der Waals surface area (Å²) in [6.07, 6.45) is 6.30. The summed E-state index contributed by atoms with van der Waals surface area (Å²) < 4.78 is 14.1. The molecule has 2 atom stereocenters. The van der Waals surface area contributed by atoms with Gasteiger partial charge >= 0.3 is 0 Å². The standard InChI is InChI=1S/C16H22FNO/c17-14-5-4-11-6-9-16(19)8-2-1-3-13(16)15(11)12(14)7-10-18/h4-5,13,19H,1-3,6-10,18H2/t13-,16-/m0/s1. The van der Waals surface area contributed by atoms with E-state index in [1.165, 1.54) is 5.56 Å². The van der Waals surface area contributed by atoms with Crippen LogP contribution in [0, 0.1) is 5.82 Å². The Labute approximate surface area is 113 Å². The van der Waals surface area contributed by atoms with E-state index in [1.807, 2.05) is 6.07 Å². The van der Waals surface area contributed by atoms with Gasteiger partial charge in [0.25, 0.3) is 0 Å². The van der Waals surface area contributed by atoms with E-state index >= 15 is 0 Å². The fourth-order valence-electron chi connectivity index (χ4n) is 4.02. The fourth-order valence-corrected chi connectivity index (χ4v) is 4.02. The Kier molecular flexibility index (Phi) is 3.35. The van der Waals surface area contributed by atoms with E-state index in [-0.39, 0.29) is 11.7 Å². The van der Waals surface area contributed by atoms with Crippen molar-refractivity contribution in [3.63, 3.8) is 0 Å². The summed E-state index contributed by atoms with van der Waals surface area (Å²) in [5, 5.41) is 10.9. The molecule has 3 rings (SSSR count). The van der Waals surface area contributed by atoms with E-state index < -0.39 is 5.60 Å². The molecular weight excluding hydrogens is 241 g/mol. The number of halogens is 1. The number of aryl methyl sites for hydroxylation is 1. The average molecular weight is 263 g/mol. The van der Waals surface area contributed by atoms with Gasteiger partial charge in [-0.3, -0.25) is 0 Å². The molecule has 1 fully saturated rings. The van der Waals surface area contributed by atoms with E-state index in [4.69, 9.17) is 5.73 Å². The van der Waals surface area contributed by atoms with Crippen molar-refractivity contribution in [1.29, 1.82) is 0 Å².